The molecular weight excluding hydrogens is 246 g/mol. The maximum atomic E-state index is 5.82. The minimum absolute atomic E-state index is 0.478. The second-order valence-corrected chi connectivity index (χ2v) is 5.55. The van der Waals surface area contributed by atoms with Gasteiger partial charge in [-0.05, 0) is 56.1 Å². The van der Waals surface area contributed by atoms with Gasteiger partial charge in [-0.1, -0.05) is 18.2 Å². The normalized spacial score (nSPS) is 17.2. The second kappa shape index (κ2) is 5.63. The summed E-state index contributed by atoms with van der Waals surface area (Å²) >= 11 is 0. The Morgan fingerprint density at radius 1 is 1.10 bits per heavy atom. The smallest absolute Gasteiger partial charge is 0.0506 e. The predicted molar refractivity (Wildman–Crippen MR) is 83.3 cm³/mol. The number of rotatable bonds is 3. The Bertz CT molecular complexity index is 588. The molecule has 0 radical (unpaired) electrons. The van der Waals surface area contributed by atoms with Crippen molar-refractivity contribution in [1.29, 1.82) is 0 Å². The van der Waals surface area contributed by atoms with Gasteiger partial charge in [0.2, 0.25) is 0 Å². The molecule has 104 valence electrons. The van der Waals surface area contributed by atoms with Crippen LogP contribution in [-0.2, 0) is 0 Å². The molecule has 0 saturated carbocycles. The van der Waals surface area contributed by atoms with Gasteiger partial charge < -0.3 is 5.73 Å². The largest absolute Gasteiger partial charge is 0.397 e. The zero-order chi connectivity index (χ0) is 13.9. The van der Waals surface area contributed by atoms with E-state index in [4.69, 9.17) is 5.73 Å². The zero-order valence-electron chi connectivity index (χ0n) is 11.9. The van der Waals surface area contributed by atoms with Gasteiger partial charge in [0.25, 0.3) is 0 Å². The summed E-state index contributed by atoms with van der Waals surface area (Å²) in [4.78, 5) is 6.73. The first kappa shape index (κ1) is 13.1. The number of nitrogens with zero attached hydrogens (tertiary/aromatic N) is 2. The lowest BCUT2D eigenvalue weighted by Gasteiger charge is -2.24. The van der Waals surface area contributed by atoms with Gasteiger partial charge >= 0.3 is 0 Å². The van der Waals surface area contributed by atoms with Crippen molar-refractivity contribution in [2.75, 3.05) is 18.8 Å². The number of pyridine rings is 1. The molecule has 20 heavy (non-hydrogen) atoms. The van der Waals surface area contributed by atoms with Gasteiger partial charge in [-0.25, -0.2) is 0 Å². The summed E-state index contributed by atoms with van der Waals surface area (Å²) < 4.78 is 0. The Hall–Kier alpha value is -1.87. The van der Waals surface area contributed by atoms with Crippen molar-refractivity contribution in [3.8, 4) is 11.1 Å². The molecule has 3 nitrogen and oxygen atoms in total. The molecule has 0 amide bonds. The molecule has 1 atom stereocenters. The van der Waals surface area contributed by atoms with Crippen LogP contribution < -0.4 is 5.73 Å². The van der Waals surface area contributed by atoms with Crippen LogP contribution in [0, 0.1) is 0 Å². The lowest BCUT2D eigenvalue weighted by molar-refractivity contribution is 0.263. The fourth-order valence-corrected chi connectivity index (χ4v) is 2.93. The van der Waals surface area contributed by atoms with E-state index in [1.54, 1.807) is 6.20 Å². The van der Waals surface area contributed by atoms with Gasteiger partial charge in [0.15, 0.2) is 0 Å². The number of aromatic nitrogens is 1. The molecule has 0 aliphatic carbocycles. The maximum Gasteiger partial charge on any atom is 0.0506 e. The topological polar surface area (TPSA) is 42.1 Å². The number of nitrogen functional groups attached to an aromatic ring is 1. The summed E-state index contributed by atoms with van der Waals surface area (Å²) in [7, 11) is 0. The van der Waals surface area contributed by atoms with Crippen molar-refractivity contribution in [3.05, 3.63) is 48.3 Å². The molecule has 0 bridgehead atoms. The molecule has 0 unspecified atom stereocenters. The summed E-state index contributed by atoms with van der Waals surface area (Å²) in [6, 6.07) is 11.2. The van der Waals surface area contributed by atoms with Crippen LogP contribution in [0.3, 0.4) is 0 Å². The predicted octanol–water partition coefficient (Wildman–Crippen LogP) is 3.49. The van der Waals surface area contributed by atoms with Gasteiger partial charge in [0, 0.05) is 24.0 Å². The maximum absolute atomic E-state index is 5.82. The van der Waals surface area contributed by atoms with Crippen LogP contribution >= 0.6 is 0 Å². The molecule has 1 aromatic heterocycles. The van der Waals surface area contributed by atoms with E-state index in [-0.39, 0.29) is 0 Å². The number of nitrogens with two attached hydrogens (primary N) is 1. The first-order valence-electron chi connectivity index (χ1n) is 7.29. The van der Waals surface area contributed by atoms with Crippen molar-refractivity contribution < 1.29 is 0 Å². The first-order valence-corrected chi connectivity index (χ1v) is 7.29. The fraction of sp³-hybridized carbons (Fsp3) is 0.353. The third-order valence-corrected chi connectivity index (χ3v) is 4.15. The Balaban J connectivity index is 1.89. The standard InChI is InChI=1S/C17H21N3/c1-13(20-7-2-3-8-20)14-5-4-6-15(9-14)16-10-17(18)12-19-11-16/h4-6,9-13H,2-3,7-8,18H2,1H3/t13-/m0/s1. The van der Waals surface area contributed by atoms with Gasteiger partial charge in [0.05, 0.1) is 5.69 Å². The molecule has 0 spiro atoms. The minimum atomic E-state index is 0.478. The highest BCUT2D eigenvalue weighted by atomic mass is 15.2. The molecule has 1 saturated heterocycles. The molecule has 1 aromatic carbocycles. The average molecular weight is 267 g/mol. The molecule has 1 fully saturated rings. The van der Waals surface area contributed by atoms with E-state index >= 15 is 0 Å². The summed E-state index contributed by atoms with van der Waals surface area (Å²) in [6.07, 6.45) is 6.20. The molecule has 2 aromatic rings. The van der Waals surface area contributed by atoms with E-state index in [9.17, 15) is 0 Å². The van der Waals surface area contributed by atoms with Gasteiger partial charge in [-0.15, -0.1) is 0 Å². The Kier molecular flexibility index (Phi) is 3.70. The van der Waals surface area contributed by atoms with Crippen molar-refractivity contribution in [2.24, 2.45) is 0 Å². The van der Waals surface area contributed by atoms with Gasteiger partial charge in [0.1, 0.15) is 0 Å². The van der Waals surface area contributed by atoms with E-state index in [2.05, 4.69) is 41.1 Å². The van der Waals surface area contributed by atoms with Crippen LogP contribution in [0.5, 0.6) is 0 Å². The van der Waals surface area contributed by atoms with Crippen LogP contribution in [0.4, 0.5) is 5.69 Å². The van der Waals surface area contributed by atoms with E-state index in [1.807, 2.05) is 12.3 Å². The van der Waals surface area contributed by atoms with E-state index < -0.39 is 0 Å². The molecular formula is C17H21N3. The Labute approximate surface area is 120 Å². The number of likely N-dealkylation sites (tertiary alicyclic amines) is 1. The van der Waals surface area contributed by atoms with Crippen molar-refractivity contribution >= 4 is 5.69 Å². The quantitative estimate of drug-likeness (QED) is 0.925. The highest BCUT2D eigenvalue weighted by Gasteiger charge is 2.19. The van der Waals surface area contributed by atoms with Crippen molar-refractivity contribution in [3.63, 3.8) is 0 Å². The lowest BCUT2D eigenvalue weighted by Crippen LogP contribution is -2.23. The minimum Gasteiger partial charge on any atom is -0.397 e. The van der Waals surface area contributed by atoms with Crippen LogP contribution in [0.2, 0.25) is 0 Å². The van der Waals surface area contributed by atoms with Crippen molar-refractivity contribution in [2.45, 2.75) is 25.8 Å². The first-order chi connectivity index (χ1) is 9.74. The third kappa shape index (κ3) is 2.68. The summed E-state index contributed by atoms with van der Waals surface area (Å²) in [5, 5.41) is 0. The number of hydrogen-bond acceptors (Lipinski definition) is 3. The molecule has 3 heteroatoms. The molecule has 1 aliphatic heterocycles. The van der Waals surface area contributed by atoms with Crippen LogP contribution in [0.25, 0.3) is 11.1 Å². The summed E-state index contributed by atoms with van der Waals surface area (Å²) in [6.45, 7) is 4.72. The Morgan fingerprint density at radius 3 is 2.65 bits per heavy atom. The average Bonchev–Trinajstić information content (AvgIpc) is 3.01. The number of benzene rings is 1. The van der Waals surface area contributed by atoms with Crippen molar-refractivity contribution in [1.82, 2.24) is 9.88 Å². The monoisotopic (exact) mass is 267 g/mol. The van der Waals surface area contributed by atoms with Crippen LogP contribution in [0.1, 0.15) is 31.4 Å². The molecule has 3 rings (SSSR count). The zero-order valence-corrected chi connectivity index (χ0v) is 11.9. The number of anilines is 1. The molecule has 2 heterocycles. The molecule has 2 N–H and O–H groups in total. The van der Waals surface area contributed by atoms with Crippen LogP contribution in [-0.4, -0.2) is 23.0 Å². The van der Waals surface area contributed by atoms with E-state index in [1.165, 1.54) is 37.1 Å². The third-order valence-electron chi connectivity index (χ3n) is 4.15. The second-order valence-electron chi connectivity index (χ2n) is 5.55. The van der Waals surface area contributed by atoms with E-state index in [0.29, 0.717) is 11.7 Å². The van der Waals surface area contributed by atoms with Crippen LogP contribution in [0.15, 0.2) is 42.7 Å². The SMILES string of the molecule is C[C@@H](c1cccc(-c2cncc(N)c2)c1)N1CCCC1. The van der Waals surface area contributed by atoms with E-state index in [0.717, 1.165) is 5.56 Å². The number of hydrogen-bond donors (Lipinski definition) is 1. The molecule has 1 aliphatic rings. The summed E-state index contributed by atoms with van der Waals surface area (Å²) in [5.74, 6) is 0. The highest BCUT2D eigenvalue weighted by Crippen LogP contribution is 2.28. The van der Waals surface area contributed by atoms with Gasteiger partial charge in [-0.2, -0.15) is 0 Å². The van der Waals surface area contributed by atoms with Gasteiger partial charge in [-0.3, -0.25) is 9.88 Å². The summed E-state index contributed by atoms with van der Waals surface area (Å²) in [5.41, 5.74) is 10.2. The Morgan fingerprint density at radius 2 is 1.90 bits per heavy atom. The fourth-order valence-electron chi connectivity index (χ4n) is 2.93. The lowest BCUT2D eigenvalue weighted by atomic mass is 10.0. The highest BCUT2D eigenvalue weighted by molar-refractivity contribution is 5.66.